The van der Waals surface area contributed by atoms with Crippen LogP contribution in [0.1, 0.15) is 77.5 Å². The first-order chi connectivity index (χ1) is 16.0. The normalized spacial score (nSPS) is 15.9. The number of hydrogen-bond acceptors (Lipinski definition) is 5. The van der Waals surface area contributed by atoms with Crippen LogP contribution in [-0.4, -0.2) is 58.2 Å². The summed E-state index contributed by atoms with van der Waals surface area (Å²) < 4.78 is 5.25. The van der Waals surface area contributed by atoms with Gasteiger partial charge in [0.05, 0.1) is 6.61 Å². The van der Waals surface area contributed by atoms with Crippen LogP contribution in [0.5, 0.6) is 0 Å². The zero-order chi connectivity index (χ0) is 25.5. The Hall–Kier alpha value is -3.05. The smallest absolute Gasteiger partial charge is 0.408 e. The Morgan fingerprint density at radius 1 is 1.24 bits per heavy atom. The van der Waals surface area contributed by atoms with Gasteiger partial charge in [-0.2, -0.15) is 0 Å². The number of aliphatic hydroxyl groups is 1. The van der Waals surface area contributed by atoms with E-state index < -0.39 is 36.3 Å². The molecule has 8 heteroatoms. The number of alkyl carbamates (subject to hydrolysis) is 1. The molecule has 0 spiro atoms. The van der Waals surface area contributed by atoms with Crippen molar-refractivity contribution in [2.75, 3.05) is 6.61 Å². The average molecular weight is 472 g/mol. The Kier molecular flexibility index (Phi) is 9.51. The summed E-state index contributed by atoms with van der Waals surface area (Å²) in [6.07, 6.45) is 8.00. The second-order valence-electron chi connectivity index (χ2n) is 9.69. The second kappa shape index (κ2) is 11.9. The fourth-order valence-corrected chi connectivity index (χ4v) is 3.80. The van der Waals surface area contributed by atoms with Crippen LogP contribution in [0, 0.1) is 12.3 Å². The Morgan fingerprint density at radius 2 is 1.88 bits per heavy atom. The molecule has 0 bridgehead atoms. The largest absolute Gasteiger partial charge is 0.444 e. The van der Waals surface area contributed by atoms with Crippen LogP contribution in [0.4, 0.5) is 4.79 Å². The number of amides is 3. The number of nitrogens with one attached hydrogen (secondary N) is 2. The Balaban J connectivity index is 2.43. The highest BCUT2D eigenvalue weighted by molar-refractivity contribution is 5.93. The number of carbonyl (C=O) groups is 3. The quantitative estimate of drug-likeness (QED) is 0.455. The summed E-state index contributed by atoms with van der Waals surface area (Å²) in [5.41, 5.74) is 0.262. The van der Waals surface area contributed by atoms with Crippen molar-refractivity contribution in [2.24, 2.45) is 0 Å². The SMILES string of the molecule is C#Cc1ccccc1C(C(=O)NC(C)CCC)N(C(=O)C(CO)NC(=O)OC(C)(C)C)C1CC1. The molecular formula is C26H37N3O5. The number of terminal acetylenes is 1. The van der Waals surface area contributed by atoms with Crippen molar-refractivity contribution in [3.05, 3.63) is 35.4 Å². The minimum atomic E-state index is -1.27. The van der Waals surface area contributed by atoms with E-state index >= 15 is 0 Å². The minimum Gasteiger partial charge on any atom is -0.444 e. The number of rotatable bonds is 10. The summed E-state index contributed by atoms with van der Waals surface area (Å²) in [6.45, 7) is 8.41. The zero-order valence-corrected chi connectivity index (χ0v) is 20.8. The van der Waals surface area contributed by atoms with Crippen LogP contribution in [0.15, 0.2) is 24.3 Å². The summed E-state index contributed by atoms with van der Waals surface area (Å²) in [5.74, 6) is 1.69. The fourth-order valence-electron chi connectivity index (χ4n) is 3.80. The van der Waals surface area contributed by atoms with E-state index in [1.54, 1.807) is 45.0 Å². The molecule has 0 radical (unpaired) electrons. The van der Waals surface area contributed by atoms with Gasteiger partial charge in [-0.3, -0.25) is 9.59 Å². The molecule has 34 heavy (non-hydrogen) atoms. The van der Waals surface area contributed by atoms with Crippen LogP contribution < -0.4 is 10.6 Å². The van der Waals surface area contributed by atoms with Crippen LogP contribution in [-0.2, 0) is 14.3 Å². The van der Waals surface area contributed by atoms with E-state index in [-0.39, 0.29) is 18.0 Å². The molecular weight excluding hydrogens is 434 g/mol. The van der Waals surface area contributed by atoms with Crippen molar-refractivity contribution < 1.29 is 24.2 Å². The second-order valence-corrected chi connectivity index (χ2v) is 9.69. The number of hydrogen-bond donors (Lipinski definition) is 3. The van der Waals surface area contributed by atoms with Crippen molar-refractivity contribution >= 4 is 17.9 Å². The predicted molar refractivity (Wildman–Crippen MR) is 130 cm³/mol. The maximum atomic E-state index is 13.7. The van der Waals surface area contributed by atoms with Crippen LogP contribution in [0.2, 0.25) is 0 Å². The molecule has 8 nitrogen and oxygen atoms in total. The Morgan fingerprint density at radius 3 is 2.41 bits per heavy atom. The van der Waals surface area contributed by atoms with Crippen LogP contribution >= 0.6 is 0 Å². The van der Waals surface area contributed by atoms with Gasteiger partial charge in [-0.05, 0) is 58.6 Å². The summed E-state index contributed by atoms with van der Waals surface area (Å²) in [4.78, 5) is 41.0. The van der Waals surface area contributed by atoms with Gasteiger partial charge in [0.25, 0.3) is 0 Å². The fraction of sp³-hybridized carbons (Fsp3) is 0.577. The molecule has 0 aromatic heterocycles. The average Bonchev–Trinajstić information content (AvgIpc) is 3.59. The van der Waals surface area contributed by atoms with E-state index in [2.05, 4.69) is 16.6 Å². The maximum Gasteiger partial charge on any atom is 0.408 e. The van der Waals surface area contributed by atoms with Crippen molar-refractivity contribution in [3.8, 4) is 12.3 Å². The van der Waals surface area contributed by atoms with Gasteiger partial charge in [-0.15, -0.1) is 6.42 Å². The molecule has 0 saturated heterocycles. The van der Waals surface area contributed by atoms with Crippen molar-refractivity contribution in [1.82, 2.24) is 15.5 Å². The summed E-state index contributed by atoms with van der Waals surface area (Å²) in [6, 6.07) is 4.44. The molecule has 3 unspecified atom stereocenters. The highest BCUT2D eigenvalue weighted by Crippen LogP contribution is 2.36. The van der Waals surface area contributed by atoms with E-state index in [0.717, 1.165) is 12.8 Å². The van der Waals surface area contributed by atoms with Gasteiger partial charge in [-0.25, -0.2) is 4.79 Å². The number of ether oxygens (including phenoxy) is 1. The van der Waals surface area contributed by atoms with E-state index in [1.807, 2.05) is 13.8 Å². The maximum absolute atomic E-state index is 13.7. The van der Waals surface area contributed by atoms with Gasteiger partial charge < -0.3 is 25.4 Å². The molecule has 0 aliphatic heterocycles. The monoisotopic (exact) mass is 471 g/mol. The first-order valence-corrected chi connectivity index (χ1v) is 11.8. The lowest BCUT2D eigenvalue weighted by Gasteiger charge is -2.35. The molecule has 2 rings (SSSR count). The predicted octanol–water partition coefficient (Wildman–Crippen LogP) is 2.89. The van der Waals surface area contributed by atoms with Crippen molar-refractivity contribution in [2.45, 2.75) is 90.1 Å². The van der Waals surface area contributed by atoms with Crippen LogP contribution in [0.25, 0.3) is 0 Å². The third kappa shape index (κ3) is 7.49. The molecule has 3 amide bonds. The van der Waals surface area contributed by atoms with Gasteiger partial charge in [0, 0.05) is 17.6 Å². The minimum absolute atomic E-state index is 0.0947. The van der Waals surface area contributed by atoms with E-state index in [9.17, 15) is 19.5 Å². The first kappa shape index (κ1) is 27.2. The summed E-state index contributed by atoms with van der Waals surface area (Å²) in [5, 5.41) is 15.4. The number of aliphatic hydroxyl groups excluding tert-OH is 1. The molecule has 1 aromatic rings. The van der Waals surface area contributed by atoms with Gasteiger partial charge in [0.1, 0.15) is 17.7 Å². The van der Waals surface area contributed by atoms with Crippen molar-refractivity contribution in [3.63, 3.8) is 0 Å². The summed E-state index contributed by atoms with van der Waals surface area (Å²) in [7, 11) is 0. The number of nitrogens with zero attached hydrogens (tertiary/aromatic N) is 1. The Labute approximate surface area is 202 Å². The van der Waals surface area contributed by atoms with E-state index in [4.69, 9.17) is 11.2 Å². The highest BCUT2D eigenvalue weighted by Gasteiger charge is 2.44. The molecule has 3 atom stereocenters. The third-order valence-electron chi connectivity index (χ3n) is 5.41. The van der Waals surface area contributed by atoms with Gasteiger partial charge in [0.2, 0.25) is 11.8 Å². The first-order valence-electron chi connectivity index (χ1n) is 11.8. The molecule has 1 aliphatic rings. The zero-order valence-electron chi connectivity index (χ0n) is 20.8. The third-order valence-corrected chi connectivity index (χ3v) is 5.41. The molecule has 1 fully saturated rings. The lowest BCUT2D eigenvalue weighted by molar-refractivity contribution is -0.144. The lowest BCUT2D eigenvalue weighted by atomic mass is 9.97. The highest BCUT2D eigenvalue weighted by atomic mass is 16.6. The van der Waals surface area contributed by atoms with Gasteiger partial charge in [-0.1, -0.05) is 37.5 Å². The number of benzene rings is 1. The van der Waals surface area contributed by atoms with E-state index in [0.29, 0.717) is 24.0 Å². The molecule has 3 N–H and O–H groups in total. The van der Waals surface area contributed by atoms with Crippen LogP contribution in [0.3, 0.4) is 0 Å². The topological polar surface area (TPSA) is 108 Å². The number of carbonyl (C=O) groups excluding carboxylic acids is 3. The molecule has 1 saturated carbocycles. The molecule has 186 valence electrons. The van der Waals surface area contributed by atoms with Gasteiger partial charge in [0.15, 0.2) is 0 Å². The molecule has 1 aromatic carbocycles. The standard InChI is InChI=1S/C26H37N3O5/c1-7-11-17(3)27-23(31)22(20-13-10-9-12-18(20)8-2)29(19-14-15-19)24(32)21(16-30)28-25(33)34-26(4,5)6/h2,9-10,12-13,17,19,21-22,30H,7,11,14-16H2,1,3-6H3,(H,27,31)(H,28,33). The van der Waals surface area contributed by atoms with Crippen molar-refractivity contribution in [1.29, 1.82) is 0 Å². The Bertz CT molecular complexity index is 914. The molecule has 1 aliphatic carbocycles. The lowest BCUT2D eigenvalue weighted by Crippen LogP contribution is -2.55. The molecule has 0 heterocycles. The van der Waals surface area contributed by atoms with Gasteiger partial charge >= 0.3 is 6.09 Å². The van der Waals surface area contributed by atoms with E-state index in [1.165, 1.54) is 4.90 Å². The summed E-state index contributed by atoms with van der Waals surface area (Å²) >= 11 is 0.